The summed E-state index contributed by atoms with van der Waals surface area (Å²) in [4.78, 5) is 24.0. The number of aromatic nitrogens is 1. The van der Waals surface area contributed by atoms with Crippen molar-refractivity contribution in [3.05, 3.63) is 71.9 Å². The van der Waals surface area contributed by atoms with Gasteiger partial charge in [-0.3, -0.25) is 20.4 Å². The highest BCUT2D eigenvalue weighted by Gasteiger charge is 2.08. The first-order valence-electron chi connectivity index (χ1n) is 8.39. The molecule has 2 amide bonds. The van der Waals surface area contributed by atoms with Crippen LogP contribution in [-0.4, -0.2) is 16.4 Å². The molecule has 0 radical (unpaired) electrons. The van der Waals surface area contributed by atoms with Crippen LogP contribution in [0.4, 0.5) is 0 Å². The highest BCUT2D eigenvalue weighted by Crippen LogP contribution is 2.15. The zero-order valence-electron chi connectivity index (χ0n) is 14.2. The van der Waals surface area contributed by atoms with Crippen LogP contribution in [0.3, 0.4) is 0 Å². The molecule has 2 N–H and O–H groups in total. The number of fused-ring (bicyclic) bond motifs is 1. The van der Waals surface area contributed by atoms with E-state index in [0.29, 0.717) is 12.1 Å². The molecule has 1 heterocycles. The Morgan fingerprint density at radius 2 is 1.72 bits per heavy atom. The van der Waals surface area contributed by atoms with Crippen LogP contribution in [0.2, 0.25) is 0 Å². The summed E-state index contributed by atoms with van der Waals surface area (Å²) in [5, 5.41) is 1.15. The molecule has 2 aromatic carbocycles. The van der Waals surface area contributed by atoms with Crippen molar-refractivity contribution >= 4 is 22.7 Å². The van der Waals surface area contributed by atoms with Gasteiger partial charge in [0.25, 0.3) is 5.91 Å². The number of amides is 2. The molecule has 0 bridgehead atoms. The van der Waals surface area contributed by atoms with E-state index in [1.807, 2.05) is 53.2 Å². The topological polar surface area (TPSA) is 63.1 Å². The first-order valence-corrected chi connectivity index (χ1v) is 8.39. The van der Waals surface area contributed by atoms with E-state index >= 15 is 0 Å². The quantitative estimate of drug-likeness (QED) is 0.704. The number of carbonyl (C=O) groups is 2. The fourth-order valence-electron chi connectivity index (χ4n) is 2.71. The second-order valence-electron chi connectivity index (χ2n) is 5.87. The molecule has 0 spiro atoms. The lowest BCUT2D eigenvalue weighted by Crippen LogP contribution is -2.41. The first-order chi connectivity index (χ1) is 12.2. The van der Waals surface area contributed by atoms with Crippen molar-refractivity contribution in [1.82, 2.24) is 15.4 Å². The molecule has 5 heteroatoms. The zero-order chi connectivity index (χ0) is 17.6. The van der Waals surface area contributed by atoms with Crippen molar-refractivity contribution < 1.29 is 9.59 Å². The van der Waals surface area contributed by atoms with Gasteiger partial charge in [0.1, 0.15) is 0 Å². The molecule has 3 aromatic rings. The maximum absolute atomic E-state index is 12.0. The molecule has 0 saturated carbocycles. The van der Waals surface area contributed by atoms with Crippen molar-refractivity contribution in [2.75, 3.05) is 0 Å². The van der Waals surface area contributed by atoms with Gasteiger partial charge in [0.15, 0.2) is 0 Å². The largest absolute Gasteiger partial charge is 0.347 e. The fourth-order valence-corrected chi connectivity index (χ4v) is 2.71. The Morgan fingerprint density at radius 3 is 2.48 bits per heavy atom. The molecule has 128 valence electrons. The molecule has 1 aromatic heterocycles. The number of hydrogen-bond donors (Lipinski definition) is 2. The molecule has 0 fully saturated rings. The molecule has 5 nitrogen and oxygen atoms in total. The first kappa shape index (κ1) is 16.8. The van der Waals surface area contributed by atoms with Gasteiger partial charge in [0.2, 0.25) is 5.91 Å². The number of nitrogens with zero attached hydrogens (tertiary/aromatic N) is 1. The number of rotatable bonds is 5. The second-order valence-corrected chi connectivity index (χ2v) is 5.87. The third-order valence-electron chi connectivity index (χ3n) is 4.20. The second kappa shape index (κ2) is 7.66. The van der Waals surface area contributed by atoms with Gasteiger partial charge in [-0.2, -0.15) is 0 Å². The molecular formula is C20H21N3O2. The van der Waals surface area contributed by atoms with Crippen LogP contribution >= 0.6 is 0 Å². The highest BCUT2D eigenvalue weighted by atomic mass is 16.2. The number of hydrogen-bond acceptors (Lipinski definition) is 2. The van der Waals surface area contributed by atoms with Crippen LogP contribution in [0.5, 0.6) is 0 Å². The van der Waals surface area contributed by atoms with Crippen molar-refractivity contribution in [2.24, 2.45) is 0 Å². The van der Waals surface area contributed by atoms with Crippen LogP contribution in [0.15, 0.2) is 60.8 Å². The maximum Gasteiger partial charge on any atom is 0.269 e. The molecule has 0 aliphatic carbocycles. The summed E-state index contributed by atoms with van der Waals surface area (Å²) in [6.07, 6.45) is 3.17. The van der Waals surface area contributed by atoms with E-state index in [0.717, 1.165) is 17.3 Å². The van der Waals surface area contributed by atoms with Crippen molar-refractivity contribution in [1.29, 1.82) is 0 Å². The van der Waals surface area contributed by atoms with Crippen molar-refractivity contribution in [2.45, 2.75) is 26.3 Å². The zero-order valence-corrected chi connectivity index (χ0v) is 14.2. The van der Waals surface area contributed by atoms with Gasteiger partial charge >= 0.3 is 0 Å². The third kappa shape index (κ3) is 4.07. The van der Waals surface area contributed by atoms with Gasteiger partial charge in [-0.25, -0.2) is 0 Å². The van der Waals surface area contributed by atoms with E-state index in [2.05, 4.69) is 17.8 Å². The van der Waals surface area contributed by atoms with Gasteiger partial charge in [-0.15, -0.1) is 0 Å². The standard InChI is InChI=1S/C20H21N3O2/c1-2-15-7-9-17(10-8-15)20(25)22-21-19(24)12-14-23-13-11-16-5-3-4-6-18(16)23/h3-11,13H,2,12,14H2,1H3,(H,21,24)(H,22,25). The SMILES string of the molecule is CCc1ccc(C(=O)NNC(=O)CCn2ccc3ccccc32)cc1. The number of hydrazine groups is 1. The lowest BCUT2D eigenvalue weighted by molar-refractivity contribution is -0.122. The summed E-state index contributed by atoms with van der Waals surface area (Å²) in [5.74, 6) is -0.543. The van der Waals surface area contributed by atoms with Crippen molar-refractivity contribution in [3.8, 4) is 0 Å². The van der Waals surface area contributed by atoms with E-state index in [4.69, 9.17) is 0 Å². The minimum atomic E-state index is -0.317. The number of para-hydroxylation sites is 1. The Balaban J connectivity index is 1.50. The minimum Gasteiger partial charge on any atom is -0.347 e. The van der Waals surface area contributed by atoms with Gasteiger partial charge < -0.3 is 4.57 Å². The normalized spacial score (nSPS) is 10.6. The lowest BCUT2D eigenvalue weighted by Gasteiger charge is -2.09. The molecule has 0 saturated heterocycles. The minimum absolute atomic E-state index is 0.226. The summed E-state index contributed by atoms with van der Waals surface area (Å²) in [6.45, 7) is 2.61. The van der Waals surface area contributed by atoms with E-state index in [-0.39, 0.29) is 18.2 Å². The van der Waals surface area contributed by atoms with E-state index in [1.165, 1.54) is 5.56 Å². The maximum atomic E-state index is 12.0. The lowest BCUT2D eigenvalue weighted by atomic mass is 10.1. The van der Waals surface area contributed by atoms with Crippen molar-refractivity contribution in [3.63, 3.8) is 0 Å². The van der Waals surface area contributed by atoms with Crippen LogP contribution in [0.25, 0.3) is 10.9 Å². The van der Waals surface area contributed by atoms with E-state index in [1.54, 1.807) is 12.1 Å². The predicted molar refractivity (Wildman–Crippen MR) is 98.0 cm³/mol. The smallest absolute Gasteiger partial charge is 0.269 e. The van der Waals surface area contributed by atoms with Gasteiger partial charge in [0, 0.05) is 30.2 Å². The highest BCUT2D eigenvalue weighted by molar-refractivity contribution is 5.95. The average Bonchev–Trinajstić information content (AvgIpc) is 3.07. The fraction of sp³-hybridized carbons (Fsp3) is 0.200. The Morgan fingerprint density at radius 1 is 0.960 bits per heavy atom. The summed E-state index contributed by atoms with van der Waals surface area (Å²) < 4.78 is 2.03. The average molecular weight is 335 g/mol. The number of carbonyl (C=O) groups excluding carboxylic acids is 2. The van der Waals surface area contributed by atoms with Crippen LogP contribution in [0.1, 0.15) is 29.3 Å². The third-order valence-corrected chi connectivity index (χ3v) is 4.20. The summed E-state index contributed by atoms with van der Waals surface area (Å²) in [5.41, 5.74) is 7.71. The molecule has 3 rings (SSSR count). The Bertz CT molecular complexity index is 881. The predicted octanol–water partition coefficient (Wildman–Crippen LogP) is 3.06. The van der Waals surface area contributed by atoms with Gasteiger partial charge in [0.05, 0.1) is 0 Å². The summed E-state index contributed by atoms with van der Waals surface area (Å²) >= 11 is 0. The van der Waals surface area contributed by atoms with Crippen LogP contribution < -0.4 is 10.9 Å². The number of aryl methyl sites for hydroxylation is 2. The molecular weight excluding hydrogens is 314 g/mol. The van der Waals surface area contributed by atoms with Gasteiger partial charge in [-0.1, -0.05) is 37.3 Å². The van der Waals surface area contributed by atoms with E-state index in [9.17, 15) is 9.59 Å². The summed E-state index contributed by atoms with van der Waals surface area (Å²) in [7, 11) is 0. The van der Waals surface area contributed by atoms with Crippen LogP contribution in [-0.2, 0) is 17.8 Å². The molecule has 0 aliphatic heterocycles. The molecule has 0 unspecified atom stereocenters. The van der Waals surface area contributed by atoms with E-state index < -0.39 is 0 Å². The Hall–Kier alpha value is -3.08. The summed E-state index contributed by atoms with van der Waals surface area (Å²) in [6, 6.07) is 17.4. The van der Waals surface area contributed by atoms with Crippen LogP contribution in [0, 0.1) is 0 Å². The number of benzene rings is 2. The molecule has 0 aliphatic rings. The molecule has 0 atom stereocenters. The Labute approximate surface area is 146 Å². The Kier molecular flexibility index (Phi) is 5.14. The monoisotopic (exact) mass is 335 g/mol. The number of nitrogens with one attached hydrogen (secondary N) is 2. The molecule has 25 heavy (non-hydrogen) atoms. The van der Waals surface area contributed by atoms with Gasteiger partial charge in [-0.05, 0) is 41.6 Å².